The molecule has 0 bridgehead atoms. The van der Waals surface area contributed by atoms with E-state index in [9.17, 15) is 13.2 Å². The van der Waals surface area contributed by atoms with Gasteiger partial charge in [0.25, 0.3) is 0 Å². The fourth-order valence-corrected chi connectivity index (χ4v) is 5.51. The Balaban J connectivity index is 1.42. The number of nitrogens with one attached hydrogen (secondary N) is 1. The Morgan fingerprint density at radius 2 is 1.60 bits per heavy atom. The number of hydrogen-bond acceptors (Lipinski definition) is 3. The fraction of sp³-hybridized carbons (Fsp3) is 0.650. The number of carbonyl (C=O) groups is 1. The van der Waals surface area contributed by atoms with Gasteiger partial charge in [0.2, 0.25) is 5.91 Å². The first-order valence-electron chi connectivity index (χ1n) is 9.60. The van der Waals surface area contributed by atoms with Crippen LogP contribution in [0.2, 0.25) is 0 Å². The van der Waals surface area contributed by atoms with Crippen LogP contribution in [0.5, 0.6) is 0 Å². The lowest BCUT2D eigenvalue weighted by Gasteiger charge is -2.22. The van der Waals surface area contributed by atoms with Crippen molar-refractivity contribution in [2.75, 3.05) is 18.1 Å². The number of sulfone groups is 1. The molecule has 0 unspecified atom stereocenters. The first-order chi connectivity index (χ1) is 12.0. The van der Waals surface area contributed by atoms with Crippen molar-refractivity contribution in [2.45, 2.75) is 57.3 Å². The molecule has 1 heterocycles. The molecule has 1 saturated heterocycles. The smallest absolute Gasteiger partial charge is 0.223 e. The summed E-state index contributed by atoms with van der Waals surface area (Å²) in [4.78, 5) is 12.2. The molecular weight excluding hydrogens is 334 g/mol. The maximum atomic E-state index is 12.2. The monoisotopic (exact) mass is 363 g/mol. The van der Waals surface area contributed by atoms with Gasteiger partial charge in [-0.15, -0.1) is 0 Å². The van der Waals surface area contributed by atoms with Gasteiger partial charge in [0.1, 0.15) is 9.84 Å². The molecule has 2 aliphatic rings. The van der Waals surface area contributed by atoms with Gasteiger partial charge in [-0.1, -0.05) is 43.5 Å². The van der Waals surface area contributed by atoms with Gasteiger partial charge in [0, 0.05) is 12.5 Å². The minimum Gasteiger partial charge on any atom is -0.356 e. The van der Waals surface area contributed by atoms with Crippen molar-refractivity contribution in [1.82, 2.24) is 5.32 Å². The zero-order valence-electron chi connectivity index (χ0n) is 14.9. The average molecular weight is 364 g/mol. The molecular formula is C20H29NO3S. The SMILES string of the molecule is O=C(NCCc1ccc(C2CCCCC2)cc1)C1CCS(=O)(=O)CC1. The maximum Gasteiger partial charge on any atom is 0.223 e. The number of hydrogen-bond donors (Lipinski definition) is 1. The van der Waals surface area contributed by atoms with Crippen molar-refractivity contribution in [2.24, 2.45) is 5.92 Å². The number of benzene rings is 1. The molecule has 138 valence electrons. The van der Waals surface area contributed by atoms with E-state index in [0.29, 0.717) is 19.4 Å². The highest BCUT2D eigenvalue weighted by Crippen LogP contribution is 2.32. The first-order valence-corrected chi connectivity index (χ1v) is 11.4. The van der Waals surface area contributed by atoms with Crippen molar-refractivity contribution in [3.63, 3.8) is 0 Å². The molecule has 1 saturated carbocycles. The van der Waals surface area contributed by atoms with E-state index in [1.165, 1.54) is 43.2 Å². The Labute approximate surface area is 151 Å². The lowest BCUT2D eigenvalue weighted by Crippen LogP contribution is -2.37. The summed E-state index contributed by atoms with van der Waals surface area (Å²) in [5.74, 6) is 0.887. The van der Waals surface area contributed by atoms with Crippen LogP contribution < -0.4 is 5.32 Å². The predicted molar refractivity (Wildman–Crippen MR) is 100 cm³/mol. The Morgan fingerprint density at radius 1 is 0.960 bits per heavy atom. The largest absolute Gasteiger partial charge is 0.356 e. The second kappa shape index (κ2) is 8.35. The average Bonchev–Trinajstić information content (AvgIpc) is 2.63. The summed E-state index contributed by atoms with van der Waals surface area (Å²) in [6.07, 6.45) is 8.44. The number of carbonyl (C=O) groups excluding carboxylic acids is 1. The van der Waals surface area contributed by atoms with Crippen LogP contribution in [0.4, 0.5) is 0 Å². The van der Waals surface area contributed by atoms with Gasteiger partial charge in [-0.25, -0.2) is 8.42 Å². The summed E-state index contributed by atoms with van der Waals surface area (Å²) in [6.45, 7) is 0.616. The van der Waals surface area contributed by atoms with Crippen molar-refractivity contribution in [3.05, 3.63) is 35.4 Å². The van der Waals surface area contributed by atoms with Crippen molar-refractivity contribution in [3.8, 4) is 0 Å². The summed E-state index contributed by atoms with van der Waals surface area (Å²) in [6, 6.07) is 8.87. The zero-order chi connectivity index (χ0) is 17.7. The highest BCUT2D eigenvalue weighted by Gasteiger charge is 2.28. The maximum absolute atomic E-state index is 12.2. The molecule has 5 heteroatoms. The standard InChI is InChI=1S/C20H29NO3S/c22-20(19-11-14-25(23,24)15-12-19)21-13-10-16-6-8-18(9-7-16)17-4-2-1-3-5-17/h6-9,17,19H,1-5,10-15H2,(H,21,22). The van der Waals surface area contributed by atoms with Gasteiger partial charge in [-0.05, 0) is 49.1 Å². The van der Waals surface area contributed by atoms with Crippen LogP contribution in [0.3, 0.4) is 0 Å². The molecule has 3 rings (SSSR count). The van der Waals surface area contributed by atoms with E-state index in [1.807, 2.05) is 0 Å². The van der Waals surface area contributed by atoms with Crippen LogP contribution in [0, 0.1) is 5.92 Å². The van der Waals surface area contributed by atoms with Crippen LogP contribution >= 0.6 is 0 Å². The van der Waals surface area contributed by atoms with E-state index < -0.39 is 9.84 Å². The molecule has 1 aromatic carbocycles. The van der Waals surface area contributed by atoms with Gasteiger partial charge >= 0.3 is 0 Å². The second-order valence-corrected chi connectivity index (χ2v) is 9.85. The Hall–Kier alpha value is -1.36. The third-order valence-corrected chi connectivity index (χ3v) is 7.41. The van der Waals surface area contributed by atoms with Crippen LogP contribution in [0.25, 0.3) is 0 Å². The third kappa shape index (κ3) is 5.30. The molecule has 0 atom stereocenters. The lowest BCUT2D eigenvalue weighted by atomic mass is 9.84. The summed E-state index contributed by atoms with van der Waals surface area (Å²) < 4.78 is 22.9. The molecule has 4 nitrogen and oxygen atoms in total. The van der Waals surface area contributed by atoms with Gasteiger partial charge < -0.3 is 5.32 Å². The summed E-state index contributed by atoms with van der Waals surface area (Å²) in [7, 11) is -2.91. The van der Waals surface area contributed by atoms with Gasteiger partial charge in [-0.3, -0.25) is 4.79 Å². The zero-order valence-corrected chi connectivity index (χ0v) is 15.7. The Kier molecular flexibility index (Phi) is 6.15. The minimum absolute atomic E-state index is 0.00808. The van der Waals surface area contributed by atoms with Crippen LogP contribution in [-0.4, -0.2) is 32.4 Å². The number of amides is 1. The lowest BCUT2D eigenvalue weighted by molar-refractivity contribution is -0.125. The molecule has 2 fully saturated rings. The highest BCUT2D eigenvalue weighted by atomic mass is 32.2. The fourth-order valence-electron chi connectivity index (χ4n) is 4.02. The highest BCUT2D eigenvalue weighted by molar-refractivity contribution is 7.91. The summed E-state index contributed by atoms with van der Waals surface area (Å²) >= 11 is 0. The minimum atomic E-state index is -2.91. The molecule has 1 aliphatic heterocycles. The molecule has 25 heavy (non-hydrogen) atoms. The Morgan fingerprint density at radius 3 is 2.24 bits per heavy atom. The summed E-state index contributed by atoms with van der Waals surface area (Å²) in [5.41, 5.74) is 2.70. The normalized spacial score (nSPS) is 21.8. The molecule has 1 N–H and O–H groups in total. The van der Waals surface area contributed by atoms with E-state index in [-0.39, 0.29) is 23.3 Å². The number of rotatable bonds is 5. The molecule has 1 amide bonds. The quantitative estimate of drug-likeness (QED) is 0.874. The predicted octanol–water partition coefficient (Wildman–Crippen LogP) is 3.22. The second-order valence-electron chi connectivity index (χ2n) is 7.54. The van der Waals surface area contributed by atoms with Crippen molar-refractivity contribution in [1.29, 1.82) is 0 Å². The van der Waals surface area contributed by atoms with Gasteiger partial charge in [0.05, 0.1) is 11.5 Å². The Bertz CT molecular complexity index is 661. The van der Waals surface area contributed by atoms with Crippen molar-refractivity contribution < 1.29 is 13.2 Å². The van der Waals surface area contributed by atoms with Crippen LogP contribution in [0.1, 0.15) is 62.0 Å². The van der Waals surface area contributed by atoms with E-state index in [2.05, 4.69) is 29.6 Å². The van der Waals surface area contributed by atoms with E-state index in [0.717, 1.165) is 12.3 Å². The molecule has 1 aliphatic carbocycles. The molecule has 0 spiro atoms. The van der Waals surface area contributed by atoms with Crippen LogP contribution in [0.15, 0.2) is 24.3 Å². The first kappa shape index (κ1) is 18.4. The van der Waals surface area contributed by atoms with Crippen molar-refractivity contribution >= 4 is 15.7 Å². The molecule has 0 aromatic heterocycles. The summed E-state index contributed by atoms with van der Waals surface area (Å²) in [5, 5.41) is 2.97. The molecule has 0 radical (unpaired) electrons. The van der Waals surface area contributed by atoms with Gasteiger partial charge in [-0.2, -0.15) is 0 Å². The van der Waals surface area contributed by atoms with E-state index in [4.69, 9.17) is 0 Å². The molecule has 1 aromatic rings. The van der Waals surface area contributed by atoms with Crippen LogP contribution in [-0.2, 0) is 21.1 Å². The van der Waals surface area contributed by atoms with E-state index in [1.54, 1.807) is 0 Å². The van der Waals surface area contributed by atoms with Gasteiger partial charge in [0.15, 0.2) is 0 Å². The van der Waals surface area contributed by atoms with E-state index >= 15 is 0 Å². The third-order valence-electron chi connectivity index (χ3n) is 5.69. The topological polar surface area (TPSA) is 63.2 Å².